The summed E-state index contributed by atoms with van der Waals surface area (Å²) in [6.45, 7) is 1.23. The number of rotatable bonds is 6. The fourth-order valence-corrected chi connectivity index (χ4v) is 4.40. The van der Waals surface area contributed by atoms with Gasteiger partial charge in [-0.2, -0.15) is 0 Å². The van der Waals surface area contributed by atoms with Gasteiger partial charge in [0.2, 0.25) is 5.91 Å². The number of hydrogen-bond acceptors (Lipinski definition) is 3. The summed E-state index contributed by atoms with van der Waals surface area (Å²) in [7, 11) is 0. The second-order valence-corrected chi connectivity index (χ2v) is 8.25. The van der Waals surface area contributed by atoms with Crippen molar-refractivity contribution in [2.75, 3.05) is 13.1 Å². The summed E-state index contributed by atoms with van der Waals surface area (Å²) in [4.78, 5) is 39.2. The van der Waals surface area contributed by atoms with Crippen LogP contribution in [-0.4, -0.2) is 41.6 Å². The van der Waals surface area contributed by atoms with Gasteiger partial charge in [0.15, 0.2) is 5.78 Å². The van der Waals surface area contributed by atoms with Crippen LogP contribution >= 0.6 is 0 Å². The second kappa shape index (κ2) is 9.24. The number of likely N-dealkylation sites (tertiary alicyclic amines) is 1. The molecule has 2 aliphatic rings. The number of carbonyl (C=O) groups excluding carboxylic acids is 3. The number of ketones is 1. The van der Waals surface area contributed by atoms with Gasteiger partial charge in [0, 0.05) is 43.1 Å². The fraction of sp³-hybridized carbons (Fsp3) is 0.400. The van der Waals surface area contributed by atoms with Crippen LogP contribution in [0.3, 0.4) is 0 Å². The molecule has 0 unspecified atom stereocenters. The molecule has 0 atom stereocenters. The van der Waals surface area contributed by atoms with Gasteiger partial charge in [0.05, 0.1) is 0 Å². The molecule has 1 heterocycles. The lowest BCUT2D eigenvalue weighted by molar-refractivity contribution is -0.132. The quantitative estimate of drug-likeness (QED) is 0.749. The molecule has 2 amide bonds. The second-order valence-electron chi connectivity index (χ2n) is 8.25. The molecule has 0 saturated carbocycles. The Hall–Kier alpha value is -2.95. The predicted molar refractivity (Wildman–Crippen MR) is 116 cm³/mol. The van der Waals surface area contributed by atoms with Crippen LogP contribution in [0, 0.1) is 0 Å². The van der Waals surface area contributed by atoms with E-state index in [9.17, 15) is 14.4 Å². The number of Topliss-reactive ketones (excluding diaryl/α,β-unsaturated/α-hetero) is 1. The highest BCUT2D eigenvalue weighted by atomic mass is 16.2. The van der Waals surface area contributed by atoms with Crippen LogP contribution in [0.4, 0.5) is 0 Å². The first-order chi connectivity index (χ1) is 14.6. The molecule has 30 heavy (non-hydrogen) atoms. The molecule has 0 aromatic heterocycles. The normalized spacial score (nSPS) is 16.2. The van der Waals surface area contributed by atoms with Gasteiger partial charge in [0.1, 0.15) is 0 Å². The number of nitrogens with one attached hydrogen (secondary N) is 1. The third-order valence-electron chi connectivity index (χ3n) is 6.21. The largest absolute Gasteiger partial charge is 0.349 e. The number of benzene rings is 2. The monoisotopic (exact) mass is 404 g/mol. The first-order valence-corrected chi connectivity index (χ1v) is 10.9. The molecular formula is C25H28N2O3. The van der Waals surface area contributed by atoms with Crippen LogP contribution in [0.15, 0.2) is 48.5 Å². The van der Waals surface area contributed by atoms with E-state index in [-0.39, 0.29) is 36.5 Å². The van der Waals surface area contributed by atoms with Gasteiger partial charge in [-0.1, -0.05) is 30.3 Å². The average Bonchev–Trinajstić information content (AvgIpc) is 3.26. The average molecular weight is 405 g/mol. The van der Waals surface area contributed by atoms with Gasteiger partial charge in [-0.3, -0.25) is 14.4 Å². The smallest absolute Gasteiger partial charge is 0.251 e. The number of aryl methyl sites for hydroxylation is 2. The number of piperidine rings is 1. The molecule has 0 radical (unpaired) electrons. The van der Waals surface area contributed by atoms with Crippen molar-refractivity contribution in [3.8, 4) is 0 Å². The highest BCUT2D eigenvalue weighted by Crippen LogP contribution is 2.23. The Morgan fingerprint density at radius 3 is 2.37 bits per heavy atom. The van der Waals surface area contributed by atoms with Crippen LogP contribution in [0.5, 0.6) is 0 Å². The summed E-state index contributed by atoms with van der Waals surface area (Å²) in [6.07, 6.45) is 5.29. The molecule has 1 aliphatic heterocycles. The van der Waals surface area contributed by atoms with Crippen molar-refractivity contribution in [2.24, 2.45) is 0 Å². The van der Waals surface area contributed by atoms with Crippen molar-refractivity contribution in [3.05, 3.63) is 70.8 Å². The summed E-state index contributed by atoms with van der Waals surface area (Å²) in [6, 6.07) is 15.2. The first kappa shape index (κ1) is 20.3. The maximum Gasteiger partial charge on any atom is 0.251 e. The van der Waals surface area contributed by atoms with Gasteiger partial charge >= 0.3 is 0 Å². The van der Waals surface area contributed by atoms with Crippen LogP contribution in [-0.2, 0) is 17.6 Å². The zero-order valence-corrected chi connectivity index (χ0v) is 17.2. The molecule has 2 aromatic rings. The molecule has 1 N–H and O–H groups in total. The maximum absolute atomic E-state index is 12.6. The van der Waals surface area contributed by atoms with E-state index >= 15 is 0 Å². The van der Waals surface area contributed by atoms with Gasteiger partial charge in [-0.05, 0) is 61.4 Å². The van der Waals surface area contributed by atoms with Crippen molar-refractivity contribution in [3.63, 3.8) is 0 Å². The highest BCUT2D eigenvalue weighted by Gasteiger charge is 2.24. The topological polar surface area (TPSA) is 66.5 Å². The van der Waals surface area contributed by atoms with Crippen LogP contribution in [0.25, 0.3) is 0 Å². The molecule has 0 bridgehead atoms. The number of fused-ring (bicyclic) bond motifs is 1. The van der Waals surface area contributed by atoms with Gasteiger partial charge in [-0.25, -0.2) is 0 Å². The van der Waals surface area contributed by atoms with E-state index in [4.69, 9.17) is 0 Å². The van der Waals surface area contributed by atoms with Crippen LogP contribution < -0.4 is 5.32 Å². The van der Waals surface area contributed by atoms with Gasteiger partial charge in [0.25, 0.3) is 5.91 Å². The predicted octanol–water partition coefficient (Wildman–Crippen LogP) is 3.56. The van der Waals surface area contributed by atoms with E-state index in [1.807, 2.05) is 35.2 Å². The Balaban J connectivity index is 1.22. The van der Waals surface area contributed by atoms with E-state index in [0.717, 1.165) is 37.7 Å². The van der Waals surface area contributed by atoms with E-state index in [0.29, 0.717) is 18.7 Å². The van der Waals surface area contributed by atoms with Crippen molar-refractivity contribution in [1.29, 1.82) is 0 Å². The number of nitrogens with zero attached hydrogens (tertiary/aromatic N) is 1. The molecule has 0 spiro atoms. The van der Waals surface area contributed by atoms with Crippen LogP contribution in [0.1, 0.15) is 63.9 Å². The first-order valence-electron chi connectivity index (χ1n) is 10.9. The zero-order chi connectivity index (χ0) is 20.9. The minimum atomic E-state index is -0.0691. The lowest BCUT2D eigenvalue weighted by atomic mass is 10.0. The summed E-state index contributed by atoms with van der Waals surface area (Å²) >= 11 is 0. The Kier molecular flexibility index (Phi) is 6.26. The Morgan fingerprint density at radius 1 is 0.867 bits per heavy atom. The van der Waals surface area contributed by atoms with E-state index in [1.165, 1.54) is 11.1 Å². The van der Waals surface area contributed by atoms with E-state index in [2.05, 4.69) is 11.4 Å². The molecule has 5 nitrogen and oxygen atoms in total. The van der Waals surface area contributed by atoms with Crippen molar-refractivity contribution >= 4 is 17.6 Å². The van der Waals surface area contributed by atoms with Crippen LogP contribution in [0.2, 0.25) is 0 Å². The van der Waals surface area contributed by atoms with Crippen molar-refractivity contribution < 1.29 is 14.4 Å². The third kappa shape index (κ3) is 4.78. The fourth-order valence-electron chi connectivity index (χ4n) is 4.40. The van der Waals surface area contributed by atoms with E-state index in [1.54, 1.807) is 12.1 Å². The molecule has 5 heteroatoms. The highest BCUT2D eigenvalue weighted by molar-refractivity contribution is 5.98. The molecular weight excluding hydrogens is 376 g/mol. The van der Waals surface area contributed by atoms with Crippen molar-refractivity contribution in [1.82, 2.24) is 10.2 Å². The third-order valence-corrected chi connectivity index (χ3v) is 6.21. The summed E-state index contributed by atoms with van der Waals surface area (Å²) in [5, 5.41) is 3.06. The van der Waals surface area contributed by atoms with Crippen molar-refractivity contribution in [2.45, 2.75) is 51.0 Å². The summed E-state index contributed by atoms with van der Waals surface area (Å²) in [5.41, 5.74) is 4.02. The zero-order valence-electron chi connectivity index (χ0n) is 17.2. The van der Waals surface area contributed by atoms with Gasteiger partial charge in [-0.15, -0.1) is 0 Å². The molecule has 4 rings (SSSR count). The number of amides is 2. The maximum atomic E-state index is 12.6. The molecule has 2 aromatic carbocycles. The number of hydrogen-bond donors (Lipinski definition) is 1. The Bertz CT molecular complexity index is 931. The molecule has 1 fully saturated rings. The minimum Gasteiger partial charge on any atom is -0.349 e. The lowest BCUT2D eigenvalue weighted by Crippen LogP contribution is -2.46. The molecule has 1 saturated heterocycles. The summed E-state index contributed by atoms with van der Waals surface area (Å²) in [5.74, 6) is 0.000672. The Morgan fingerprint density at radius 2 is 1.60 bits per heavy atom. The number of carbonyl (C=O) groups is 3. The molecule has 156 valence electrons. The Labute approximate surface area is 177 Å². The lowest BCUT2D eigenvalue weighted by Gasteiger charge is -2.32. The van der Waals surface area contributed by atoms with E-state index < -0.39 is 0 Å². The SMILES string of the molecule is O=C(CCC(=O)N1CCC(NC(=O)c2ccccc2)CC1)c1ccc2c(c1)CCC2. The minimum absolute atomic E-state index is 0.0253. The molecule has 1 aliphatic carbocycles. The van der Waals surface area contributed by atoms with Gasteiger partial charge < -0.3 is 10.2 Å². The summed E-state index contributed by atoms with van der Waals surface area (Å²) < 4.78 is 0. The standard InChI is InChI=1S/C25H28N2O3/c28-23(21-10-9-18-7-4-8-20(18)17-21)11-12-24(29)27-15-13-22(14-16-27)26-25(30)19-5-2-1-3-6-19/h1-3,5-6,9-10,17,22H,4,7-8,11-16H2,(H,26,30).